The van der Waals surface area contributed by atoms with Crippen molar-refractivity contribution >= 4 is 33.2 Å². The maximum atomic E-state index is 11.9. The quantitative estimate of drug-likeness (QED) is 0.423. The van der Waals surface area contributed by atoms with Gasteiger partial charge in [0.2, 0.25) is 0 Å². The van der Waals surface area contributed by atoms with Gasteiger partial charge in [0.15, 0.2) is 11.5 Å². The lowest BCUT2D eigenvalue weighted by atomic mass is 10.2. The maximum absolute atomic E-state index is 11.9. The number of aromatic hydroxyl groups is 1. The molecule has 0 aliphatic rings. The molecule has 2 aromatic heterocycles. The zero-order chi connectivity index (χ0) is 20.1. The fourth-order valence-electron chi connectivity index (χ4n) is 2.26. The standard InChI is InChI=1S/C15H16N6O6S/c16-13-12-14(18-7-17-13)19-8-21(12)9-26-5-6-27-28(24,25)20-15(23)10-3-1-2-4-11(10)22/h1-4,7-8,22H,5-6,9H2,(H,20,23)(H2,16,17,18). The van der Waals surface area contributed by atoms with E-state index in [0.29, 0.717) is 11.2 Å². The van der Waals surface area contributed by atoms with Gasteiger partial charge in [-0.1, -0.05) is 12.1 Å². The minimum atomic E-state index is -4.37. The summed E-state index contributed by atoms with van der Waals surface area (Å²) in [5, 5.41) is 9.57. The van der Waals surface area contributed by atoms with E-state index in [2.05, 4.69) is 19.1 Å². The highest BCUT2D eigenvalue weighted by Crippen LogP contribution is 2.16. The molecule has 0 saturated carbocycles. The molecule has 0 aliphatic carbocycles. The second kappa shape index (κ2) is 8.16. The lowest BCUT2D eigenvalue weighted by molar-refractivity contribution is 0.0567. The molecule has 3 aromatic rings. The molecule has 0 saturated heterocycles. The largest absolute Gasteiger partial charge is 0.507 e. The number of amides is 1. The van der Waals surface area contributed by atoms with E-state index in [4.69, 9.17) is 10.5 Å². The first kappa shape index (κ1) is 19.5. The van der Waals surface area contributed by atoms with Crippen molar-refractivity contribution < 1.29 is 27.2 Å². The molecule has 0 unspecified atom stereocenters. The second-order valence-electron chi connectivity index (χ2n) is 5.41. The lowest BCUT2D eigenvalue weighted by Gasteiger charge is -2.09. The Hall–Kier alpha value is -3.29. The number of fused-ring (bicyclic) bond motifs is 1. The van der Waals surface area contributed by atoms with E-state index in [-0.39, 0.29) is 37.1 Å². The van der Waals surface area contributed by atoms with E-state index >= 15 is 0 Å². The number of para-hydroxylation sites is 1. The third-order valence-electron chi connectivity index (χ3n) is 3.50. The maximum Gasteiger partial charge on any atom is 0.362 e. The summed E-state index contributed by atoms with van der Waals surface area (Å²) in [4.78, 5) is 23.8. The Bertz CT molecular complexity index is 1100. The van der Waals surface area contributed by atoms with Crippen LogP contribution in [0.2, 0.25) is 0 Å². The Balaban J connectivity index is 1.48. The highest BCUT2D eigenvalue weighted by atomic mass is 32.2. The number of ether oxygens (including phenoxy) is 1. The number of aromatic nitrogens is 4. The fourth-order valence-corrected chi connectivity index (χ4v) is 2.95. The van der Waals surface area contributed by atoms with Crippen molar-refractivity contribution in [1.29, 1.82) is 0 Å². The number of anilines is 1. The SMILES string of the molecule is Nc1ncnc2ncn(COCCOS(=O)(=O)NC(=O)c3ccccc3O)c12. The second-order valence-corrected chi connectivity index (χ2v) is 6.76. The van der Waals surface area contributed by atoms with E-state index < -0.39 is 16.2 Å². The van der Waals surface area contributed by atoms with Gasteiger partial charge < -0.3 is 20.1 Å². The number of phenols is 1. The van der Waals surface area contributed by atoms with Crippen molar-refractivity contribution in [2.75, 3.05) is 18.9 Å². The van der Waals surface area contributed by atoms with Crippen LogP contribution in [0.15, 0.2) is 36.9 Å². The van der Waals surface area contributed by atoms with E-state index in [0.717, 1.165) is 0 Å². The van der Waals surface area contributed by atoms with Crippen LogP contribution in [-0.4, -0.2) is 52.2 Å². The predicted octanol–water partition coefficient (Wildman–Crippen LogP) is -0.220. The van der Waals surface area contributed by atoms with Crippen LogP contribution in [0, 0.1) is 0 Å². The summed E-state index contributed by atoms with van der Waals surface area (Å²) < 4.78 is 36.8. The van der Waals surface area contributed by atoms with E-state index in [9.17, 15) is 18.3 Å². The van der Waals surface area contributed by atoms with Crippen LogP contribution in [0.4, 0.5) is 5.82 Å². The molecular formula is C15H16N6O6S. The molecule has 3 rings (SSSR count). The van der Waals surface area contributed by atoms with Gasteiger partial charge in [-0.15, -0.1) is 0 Å². The number of nitrogen functional groups attached to an aromatic ring is 1. The third-order valence-corrected chi connectivity index (χ3v) is 4.41. The van der Waals surface area contributed by atoms with Gasteiger partial charge in [0.25, 0.3) is 5.91 Å². The Kier molecular flexibility index (Phi) is 5.67. The van der Waals surface area contributed by atoms with Gasteiger partial charge in [0.1, 0.15) is 24.3 Å². The number of phenolic OH excluding ortho intramolecular Hbond substituents is 1. The van der Waals surface area contributed by atoms with Gasteiger partial charge in [0.05, 0.1) is 25.1 Å². The molecule has 13 heteroatoms. The Morgan fingerprint density at radius 3 is 2.79 bits per heavy atom. The highest BCUT2D eigenvalue weighted by molar-refractivity contribution is 7.85. The number of nitrogens with one attached hydrogen (secondary N) is 1. The van der Waals surface area contributed by atoms with Crippen LogP contribution in [0.5, 0.6) is 5.75 Å². The number of rotatable bonds is 8. The van der Waals surface area contributed by atoms with Crippen molar-refractivity contribution in [3.8, 4) is 5.75 Å². The number of hydrogen-bond donors (Lipinski definition) is 3. The molecule has 0 fully saturated rings. The summed E-state index contributed by atoms with van der Waals surface area (Å²) in [6.07, 6.45) is 2.75. The smallest absolute Gasteiger partial charge is 0.362 e. The van der Waals surface area contributed by atoms with Gasteiger partial charge in [-0.3, -0.25) is 8.98 Å². The average molecular weight is 408 g/mol. The van der Waals surface area contributed by atoms with Crippen molar-refractivity contribution in [3.63, 3.8) is 0 Å². The first-order chi connectivity index (χ1) is 13.4. The minimum Gasteiger partial charge on any atom is -0.507 e. The molecule has 28 heavy (non-hydrogen) atoms. The summed E-state index contributed by atoms with van der Waals surface area (Å²) in [5.41, 5.74) is 6.46. The van der Waals surface area contributed by atoms with Crippen LogP contribution in [-0.2, 0) is 26.0 Å². The Morgan fingerprint density at radius 2 is 2.00 bits per heavy atom. The number of benzene rings is 1. The molecule has 4 N–H and O–H groups in total. The minimum absolute atomic E-state index is 0.0156. The van der Waals surface area contributed by atoms with Crippen molar-refractivity contribution in [3.05, 3.63) is 42.5 Å². The van der Waals surface area contributed by atoms with Gasteiger partial charge in [-0.2, -0.15) is 8.42 Å². The molecule has 0 atom stereocenters. The van der Waals surface area contributed by atoms with Crippen molar-refractivity contribution in [2.24, 2.45) is 0 Å². The molecule has 1 aromatic carbocycles. The van der Waals surface area contributed by atoms with E-state index in [1.165, 1.54) is 36.9 Å². The number of nitrogens with zero attached hydrogens (tertiary/aromatic N) is 4. The number of imidazole rings is 1. The molecular weight excluding hydrogens is 392 g/mol. The molecule has 1 amide bonds. The topological polar surface area (TPSA) is 172 Å². The fraction of sp³-hybridized carbons (Fsp3) is 0.200. The van der Waals surface area contributed by atoms with E-state index in [1.807, 2.05) is 0 Å². The van der Waals surface area contributed by atoms with Crippen LogP contribution < -0.4 is 10.5 Å². The molecule has 2 heterocycles. The summed E-state index contributed by atoms with van der Waals surface area (Å²) in [6.45, 7) is -0.428. The average Bonchev–Trinajstić information content (AvgIpc) is 3.06. The van der Waals surface area contributed by atoms with Gasteiger partial charge in [0, 0.05) is 0 Å². The third kappa shape index (κ3) is 4.51. The summed E-state index contributed by atoms with van der Waals surface area (Å²) >= 11 is 0. The van der Waals surface area contributed by atoms with Crippen LogP contribution in [0.25, 0.3) is 11.2 Å². The number of carbonyl (C=O) groups excluding carboxylic acids is 1. The molecule has 0 radical (unpaired) electrons. The number of nitrogens with two attached hydrogens (primary N) is 1. The first-order valence-corrected chi connectivity index (χ1v) is 9.27. The van der Waals surface area contributed by atoms with Crippen LogP contribution in [0.1, 0.15) is 10.4 Å². The molecule has 0 bridgehead atoms. The van der Waals surface area contributed by atoms with Crippen LogP contribution >= 0.6 is 0 Å². The molecule has 0 aliphatic heterocycles. The number of hydrogen-bond acceptors (Lipinski definition) is 10. The van der Waals surface area contributed by atoms with Crippen molar-refractivity contribution in [1.82, 2.24) is 24.2 Å². The van der Waals surface area contributed by atoms with Gasteiger partial charge in [-0.25, -0.2) is 19.7 Å². The van der Waals surface area contributed by atoms with Crippen LogP contribution in [0.3, 0.4) is 0 Å². The highest BCUT2D eigenvalue weighted by Gasteiger charge is 2.19. The summed E-state index contributed by atoms with van der Waals surface area (Å²) in [5.74, 6) is -1.13. The predicted molar refractivity (Wildman–Crippen MR) is 96.1 cm³/mol. The summed E-state index contributed by atoms with van der Waals surface area (Å²) in [6, 6.07) is 5.51. The number of carbonyl (C=O) groups is 1. The normalized spacial score (nSPS) is 11.6. The Labute approximate surface area is 159 Å². The monoisotopic (exact) mass is 408 g/mol. The van der Waals surface area contributed by atoms with E-state index in [1.54, 1.807) is 9.29 Å². The van der Waals surface area contributed by atoms with Gasteiger partial charge >= 0.3 is 10.3 Å². The van der Waals surface area contributed by atoms with Crippen molar-refractivity contribution in [2.45, 2.75) is 6.73 Å². The molecule has 0 spiro atoms. The zero-order valence-corrected chi connectivity index (χ0v) is 15.2. The lowest BCUT2D eigenvalue weighted by Crippen LogP contribution is -2.32. The Morgan fingerprint density at radius 1 is 1.21 bits per heavy atom. The molecule has 148 valence electrons. The summed E-state index contributed by atoms with van der Waals surface area (Å²) in [7, 11) is -4.37. The first-order valence-electron chi connectivity index (χ1n) is 7.86. The van der Waals surface area contributed by atoms with Gasteiger partial charge in [-0.05, 0) is 12.1 Å². The zero-order valence-electron chi connectivity index (χ0n) is 14.3. The molecule has 12 nitrogen and oxygen atoms in total.